The van der Waals surface area contributed by atoms with E-state index < -0.39 is 5.97 Å². The first-order chi connectivity index (χ1) is 6.70. The Bertz CT molecular complexity index is 154. The Balaban J connectivity index is 3.66. The molecule has 0 aromatic carbocycles. The highest BCUT2D eigenvalue weighted by atomic mass is 16.4. The van der Waals surface area contributed by atoms with E-state index in [1.165, 1.54) is 0 Å². The quantitative estimate of drug-likeness (QED) is 0.276. The van der Waals surface area contributed by atoms with E-state index in [1.54, 1.807) is 0 Å². The van der Waals surface area contributed by atoms with Crippen LogP contribution in [-0.4, -0.2) is 49.8 Å². The van der Waals surface area contributed by atoms with Crippen LogP contribution in [0.4, 0.5) is 0 Å². The largest absolute Gasteiger partial charge is 0.481 e. The summed E-state index contributed by atoms with van der Waals surface area (Å²) < 4.78 is 0. The molecule has 0 amide bonds. The summed E-state index contributed by atoms with van der Waals surface area (Å²) in [5.41, 5.74) is 10.6. The van der Waals surface area contributed by atoms with Gasteiger partial charge < -0.3 is 27.2 Å². The standard InChI is InChI=1S/C8H20N4O2/c9-1-3-11-6-7(5-8(13)14)12-4-2-10/h7,11-12H,1-6,9-10H2,(H,13,14). The highest BCUT2D eigenvalue weighted by Gasteiger charge is 2.11. The summed E-state index contributed by atoms with van der Waals surface area (Å²) in [6, 6.07) is -0.0809. The molecule has 0 rings (SSSR count). The number of aliphatic carboxylic acids is 1. The summed E-state index contributed by atoms with van der Waals surface area (Å²) in [4.78, 5) is 10.5. The van der Waals surface area contributed by atoms with Crippen molar-refractivity contribution in [2.24, 2.45) is 11.5 Å². The molecule has 1 atom stereocenters. The Morgan fingerprint density at radius 2 is 1.93 bits per heavy atom. The summed E-state index contributed by atoms with van der Waals surface area (Å²) in [5, 5.41) is 14.7. The maximum Gasteiger partial charge on any atom is 0.304 e. The number of carboxylic acids is 1. The molecule has 0 radical (unpaired) electrons. The van der Waals surface area contributed by atoms with Gasteiger partial charge in [0.25, 0.3) is 0 Å². The van der Waals surface area contributed by atoms with Gasteiger partial charge in [0.1, 0.15) is 0 Å². The number of rotatable bonds is 9. The first-order valence-electron chi connectivity index (χ1n) is 4.76. The first kappa shape index (κ1) is 13.3. The molecule has 14 heavy (non-hydrogen) atoms. The van der Waals surface area contributed by atoms with Gasteiger partial charge >= 0.3 is 5.97 Å². The minimum absolute atomic E-state index is 0.0809. The first-order valence-corrected chi connectivity index (χ1v) is 4.76. The van der Waals surface area contributed by atoms with Gasteiger partial charge in [-0.1, -0.05) is 0 Å². The van der Waals surface area contributed by atoms with E-state index in [4.69, 9.17) is 16.6 Å². The van der Waals surface area contributed by atoms with Gasteiger partial charge in [-0.05, 0) is 0 Å². The molecule has 7 N–H and O–H groups in total. The lowest BCUT2D eigenvalue weighted by Crippen LogP contribution is -2.43. The summed E-state index contributed by atoms with van der Waals surface area (Å²) in [6.45, 7) is 2.98. The van der Waals surface area contributed by atoms with E-state index in [2.05, 4.69) is 10.6 Å². The van der Waals surface area contributed by atoms with Gasteiger partial charge in [-0.3, -0.25) is 4.79 Å². The molecule has 0 spiro atoms. The van der Waals surface area contributed by atoms with Crippen LogP contribution in [0.1, 0.15) is 6.42 Å². The number of hydrogen-bond acceptors (Lipinski definition) is 5. The van der Waals surface area contributed by atoms with E-state index in [1.807, 2.05) is 0 Å². The van der Waals surface area contributed by atoms with Gasteiger partial charge in [0, 0.05) is 38.8 Å². The molecule has 0 aromatic heterocycles. The summed E-state index contributed by atoms with van der Waals surface area (Å²) in [7, 11) is 0. The van der Waals surface area contributed by atoms with Gasteiger partial charge in [0.15, 0.2) is 0 Å². The van der Waals surface area contributed by atoms with Crippen molar-refractivity contribution in [3.05, 3.63) is 0 Å². The molecule has 0 heterocycles. The van der Waals surface area contributed by atoms with Crippen LogP contribution in [0.15, 0.2) is 0 Å². The maximum absolute atomic E-state index is 10.5. The van der Waals surface area contributed by atoms with E-state index in [0.29, 0.717) is 32.7 Å². The van der Waals surface area contributed by atoms with Crippen LogP contribution >= 0.6 is 0 Å². The van der Waals surface area contributed by atoms with Crippen molar-refractivity contribution in [1.82, 2.24) is 10.6 Å². The van der Waals surface area contributed by atoms with E-state index in [-0.39, 0.29) is 12.5 Å². The van der Waals surface area contributed by atoms with Gasteiger partial charge in [-0.2, -0.15) is 0 Å². The van der Waals surface area contributed by atoms with Crippen LogP contribution in [0.3, 0.4) is 0 Å². The average Bonchev–Trinajstić information content (AvgIpc) is 2.13. The second-order valence-electron chi connectivity index (χ2n) is 3.03. The zero-order chi connectivity index (χ0) is 10.8. The summed E-state index contributed by atoms with van der Waals surface area (Å²) in [5.74, 6) is -0.811. The van der Waals surface area contributed by atoms with Crippen molar-refractivity contribution >= 4 is 5.97 Å². The third kappa shape index (κ3) is 7.93. The molecule has 0 saturated carbocycles. The summed E-state index contributed by atoms with van der Waals surface area (Å²) >= 11 is 0. The molecule has 1 unspecified atom stereocenters. The smallest absolute Gasteiger partial charge is 0.304 e. The lowest BCUT2D eigenvalue weighted by Gasteiger charge is -2.16. The van der Waals surface area contributed by atoms with E-state index in [0.717, 1.165) is 0 Å². The maximum atomic E-state index is 10.5. The van der Waals surface area contributed by atoms with Gasteiger partial charge in [-0.15, -0.1) is 0 Å². The third-order valence-electron chi connectivity index (χ3n) is 1.71. The van der Waals surface area contributed by atoms with Crippen LogP contribution in [0.2, 0.25) is 0 Å². The zero-order valence-electron chi connectivity index (χ0n) is 8.33. The van der Waals surface area contributed by atoms with Gasteiger partial charge in [-0.25, -0.2) is 0 Å². The van der Waals surface area contributed by atoms with E-state index in [9.17, 15) is 4.79 Å². The number of nitrogens with one attached hydrogen (secondary N) is 2. The predicted molar refractivity (Wildman–Crippen MR) is 55.0 cm³/mol. The fourth-order valence-corrected chi connectivity index (χ4v) is 1.09. The molecule has 6 heteroatoms. The van der Waals surface area contributed by atoms with Gasteiger partial charge in [0.05, 0.1) is 6.42 Å². The minimum atomic E-state index is -0.811. The van der Waals surface area contributed by atoms with Crippen molar-refractivity contribution in [3.63, 3.8) is 0 Å². The lowest BCUT2D eigenvalue weighted by atomic mass is 10.2. The third-order valence-corrected chi connectivity index (χ3v) is 1.71. The summed E-state index contributed by atoms with van der Waals surface area (Å²) in [6.07, 6.45) is 0.0948. The lowest BCUT2D eigenvalue weighted by molar-refractivity contribution is -0.137. The molecule has 0 aliphatic rings. The van der Waals surface area contributed by atoms with Gasteiger partial charge in [0.2, 0.25) is 0 Å². The molecular formula is C8H20N4O2. The number of nitrogens with two attached hydrogens (primary N) is 2. The van der Waals surface area contributed by atoms with Crippen LogP contribution < -0.4 is 22.1 Å². The van der Waals surface area contributed by atoms with E-state index >= 15 is 0 Å². The van der Waals surface area contributed by atoms with Crippen LogP contribution in [0, 0.1) is 0 Å². The number of carbonyl (C=O) groups is 1. The SMILES string of the molecule is NCCNCC(CC(=O)O)NCCN. The second-order valence-corrected chi connectivity index (χ2v) is 3.03. The fraction of sp³-hybridized carbons (Fsp3) is 0.875. The molecule has 0 aromatic rings. The fourth-order valence-electron chi connectivity index (χ4n) is 1.09. The number of carboxylic acid groups (broad SMARTS) is 1. The Morgan fingerprint density at radius 1 is 1.29 bits per heavy atom. The number of hydrogen-bond donors (Lipinski definition) is 5. The van der Waals surface area contributed by atoms with Crippen molar-refractivity contribution < 1.29 is 9.90 Å². The molecular weight excluding hydrogens is 184 g/mol. The topological polar surface area (TPSA) is 113 Å². The molecule has 0 fully saturated rings. The molecule has 6 nitrogen and oxygen atoms in total. The molecule has 0 aliphatic carbocycles. The molecule has 0 aliphatic heterocycles. The average molecular weight is 204 g/mol. The highest BCUT2D eigenvalue weighted by Crippen LogP contribution is 1.89. The van der Waals surface area contributed by atoms with Crippen LogP contribution in [-0.2, 0) is 4.79 Å². The minimum Gasteiger partial charge on any atom is -0.481 e. The second kappa shape index (κ2) is 8.89. The molecule has 0 saturated heterocycles. The van der Waals surface area contributed by atoms with Crippen LogP contribution in [0.25, 0.3) is 0 Å². The Hall–Kier alpha value is -0.690. The van der Waals surface area contributed by atoms with Crippen molar-refractivity contribution in [2.75, 3.05) is 32.7 Å². The normalized spacial score (nSPS) is 12.7. The predicted octanol–water partition coefficient (Wildman–Crippen LogP) is -2.07. The van der Waals surface area contributed by atoms with Crippen molar-refractivity contribution in [2.45, 2.75) is 12.5 Å². The zero-order valence-corrected chi connectivity index (χ0v) is 8.33. The molecule has 84 valence electrons. The van der Waals surface area contributed by atoms with Crippen LogP contribution in [0.5, 0.6) is 0 Å². The Kier molecular flexibility index (Phi) is 8.45. The van der Waals surface area contributed by atoms with Crippen molar-refractivity contribution in [3.8, 4) is 0 Å². The van der Waals surface area contributed by atoms with Crippen molar-refractivity contribution in [1.29, 1.82) is 0 Å². The Labute approximate surface area is 84.0 Å². The Morgan fingerprint density at radius 3 is 2.43 bits per heavy atom. The highest BCUT2D eigenvalue weighted by molar-refractivity contribution is 5.67. The molecule has 0 bridgehead atoms. The monoisotopic (exact) mass is 204 g/mol.